The van der Waals surface area contributed by atoms with Crippen LogP contribution in [-0.4, -0.2) is 34.0 Å². The Morgan fingerprint density at radius 3 is 2.19 bits per heavy atom. The van der Waals surface area contributed by atoms with Gasteiger partial charge in [0.1, 0.15) is 5.75 Å². The zero-order valence-electron chi connectivity index (χ0n) is 20.2. The summed E-state index contributed by atoms with van der Waals surface area (Å²) >= 11 is 0. The highest BCUT2D eigenvalue weighted by atomic mass is 16.5. The fourth-order valence-corrected chi connectivity index (χ4v) is 3.98. The lowest BCUT2D eigenvalue weighted by Crippen LogP contribution is -2.28. The molecule has 4 aromatic rings. The highest BCUT2D eigenvalue weighted by Gasteiger charge is 2.12. The normalized spacial score (nSPS) is 11.8. The highest BCUT2D eigenvalue weighted by Crippen LogP contribution is 2.21. The minimum atomic E-state index is -0.519. The molecule has 0 aliphatic heterocycles. The van der Waals surface area contributed by atoms with Crippen LogP contribution in [0.1, 0.15) is 39.6 Å². The third-order valence-electron chi connectivity index (χ3n) is 6.04. The van der Waals surface area contributed by atoms with E-state index in [0.29, 0.717) is 23.6 Å². The van der Waals surface area contributed by atoms with Crippen LogP contribution in [0.5, 0.6) is 11.6 Å². The van der Waals surface area contributed by atoms with Gasteiger partial charge in [-0.25, -0.2) is 4.98 Å². The predicted molar refractivity (Wildman–Crippen MR) is 141 cm³/mol. The third kappa shape index (κ3) is 7.50. The topological polar surface area (TPSA) is 88.7 Å². The van der Waals surface area contributed by atoms with Crippen molar-refractivity contribution in [2.24, 2.45) is 5.73 Å². The van der Waals surface area contributed by atoms with Gasteiger partial charge < -0.3 is 15.6 Å². The van der Waals surface area contributed by atoms with Crippen molar-refractivity contribution in [2.45, 2.75) is 25.5 Å². The number of nitrogens with two attached hydrogens (primary N) is 1. The van der Waals surface area contributed by atoms with E-state index in [4.69, 9.17) is 10.5 Å². The Bertz CT molecular complexity index is 1210. The number of amides is 1. The van der Waals surface area contributed by atoms with E-state index in [1.54, 1.807) is 12.1 Å². The van der Waals surface area contributed by atoms with E-state index in [0.717, 1.165) is 31.6 Å². The number of hydrogen-bond acceptors (Lipinski definition) is 5. The summed E-state index contributed by atoms with van der Waals surface area (Å²) < 4.78 is 5.78. The number of nitrogens with zero attached hydrogens (tertiary/aromatic N) is 2. The maximum absolute atomic E-state index is 11.2. The second kappa shape index (κ2) is 12.6. The molecule has 0 fully saturated rings. The molecule has 3 N–H and O–H groups in total. The third-order valence-corrected chi connectivity index (χ3v) is 6.04. The smallest absolute Gasteiger partial charge is 0.250 e. The van der Waals surface area contributed by atoms with Crippen LogP contribution in [-0.2, 0) is 13.0 Å². The van der Waals surface area contributed by atoms with Crippen molar-refractivity contribution in [1.29, 1.82) is 0 Å². The first-order valence-electron chi connectivity index (χ1n) is 12.1. The van der Waals surface area contributed by atoms with Gasteiger partial charge in [-0.3, -0.25) is 9.69 Å². The van der Waals surface area contributed by atoms with Gasteiger partial charge in [0.2, 0.25) is 11.8 Å². The van der Waals surface area contributed by atoms with Crippen LogP contribution in [0.25, 0.3) is 0 Å². The molecule has 6 heteroatoms. The molecule has 0 saturated carbocycles. The lowest BCUT2D eigenvalue weighted by atomic mass is 10.1. The van der Waals surface area contributed by atoms with Gasteiger partial charge in [0.25, 0.3) is 0 Å². The summed E-state index contributed by atoms with van der Waals surface area (Å²) in [5, 5.41) is 10.6. The summed E-state index contributed by atoms with van der Waals surface area (Å²) in [5.74, 6) is 0.554. The van der Waals surface area contributed by atoms with Gasteiger partial charge in [0.05, 0.1) is 11.7 Å². The Hall–Kier alpha value is -4.00. The van der Waals surface area contributed by atoms with Gasteiger partial charge in [0, 0.05) is 31.9 Å². The zero-order valence-corrected chi connectivity index (χ0v) is 20.2. The summed E-state index contributed by atoms with van der Waals surface area (Å²) in [4.78, 5) is 17.7. The standard InChI is InChI=1S/C30H31N3O3/c31-30(35)26-13-16-29(32-21-26)36-27-14-11-23(12-15-27)17-19-33(22-24-7-3-1-4-8-24)20-18-28(34)25-9-5-2-6-10-25/h1-16,21,28,34H,17-20,22H2,(H2,31,35). The first kappa shape index (κ1) is 25.1. The Morgan fingerprint density at radius 2 is 1.56 bits per heavy atom. The molecule has 1 aromatic heterocycles. The van der Waals surface area contributed by atoms with Crippen LogP contribution in [0.15, 0.2) is 103 Å². The summed E-state index contributed by atoms with van der Waals surface area (Å²) in [6.45, 7) is 2.49. The largest absolute Gasteiger partial charge is 0.439 e. The average molecular weight is 482 g/mol. The van der Waals surface area contributed by atoms with Crippen LogP contribution in [0.4, 0.5) is 0 Å². The number of benzene rings is 3. The number of hydrogen-bond donors (Lipinski definition) is 2. The van der Waals surface area contributed by atoms with Crippen molar-refractivity contribution in [1.82, 2.24) is 9.88 Å². The molecular formula is C30H31N3O3. The van der Waals surface area contributed by atoms with E-state index in [-0.39, 0.29) is 0 Å². The van der Waals surface area contributed by atoms with E-state index < -0.39 is 12.0 Å². The van der Waals surface area contributed by atoms with Crippen molar-refractivity contribution in [3.63, 3.8) is 0 Å². The molecule has 1 heterocycles. The summed E-state index contributed by atoms with van der Waals surface area (Å²) in [6.07, 6.45) is 2.47. The van der Waals surface area contributed by atoms with E-state index in [1.165, 1.54) is 17.3 Å². The number of pyridine rings is 1. The summed E-state index contributed by atoms with van der Waals surface area (Å²) in [7, 11) is 0. The molecule has 0 bridgehead atoms. The number of primary amides is 1. The van der Waals surface area contributed by atoms with Crippen molar-refractivity contribution in [2.75, 3.05) is 13.1 Å². The van der Waals surface area contributed by atoms with Crippen molar-refractivity contribution in [3.05, 3.63) is 126 Å². The number of aliphatic hydroxyl groups is 1. The van der Waals surface area contributed by atoms with E-state index in [2.05, 4.69) is 34.1 Å². The van der Waals surface area contributed by atoms with Gasteiger partial charge in [-0.15, -0.1) is 0 Å². The predicted octanol–water partition coefficient (Wildman–Crippen LogP) is 5.14. The molecule has 6 nitrogen and oxygen atoms in total. The molecule has 0 radical (unpaired) electrons. The number of carbonyl (C=O) groups is 1. The SMILES string of the molecule is NC(=O)c1ccc(Oc2ccc(CCN(CCC(O)c3ccccc3)Cc3ccccc3)cc2)nc1. The molecule has 1 amide bonds. The van der Waals surface area contributed by atoms with Gasteiger partial charge in [-0.05, 0) is 47.7 Å². The Morgan fingerprint density at radius 1 is 0.861 bits per heavy atom. The number of rotatable bonds is 12. The van der Waals surface area contributed by atoms with Crippen LogP contribution in [0.2, 0.25) is 0 Å². The number of carbonyl (C=O) groups excluding carboxylic acids is 1. The second-order valence-electron chi connectivity index (χ2n) is 8.72. The summed E-state index contributed by atoms with van der Waals surface area (Å²) in [6, 6.07) is 31.4. The molecule has 3 aromatic carbocycles. The molecule has 0 saturated heterocycles. The van der Waals surface area contributed by atoms with E-state index in [1.807, 2.05) is 60.7 Å². The first-order chi connectivity index (χ1) is 17.6. The fourth-order valence-electron chi connectivity index (χ4n) is 3.98. The van der Waals surface area contributed by atoms with Crippen LogP contribution >= 0.6 is 0 Å². The molecule has 1 unspecified atom stereocenters. The van der Waals surface area contributed by atoms with Crippen molar-refractivity contribution >= 4 is 5.91 Å². The van der Waals surface area contributed by atoms with E-state index in [9.17, 15) is 9.90 Å². The van der Waals surface area contributed by atoms with Gasteiger partial charge in [-0.2, -0.15) is 0 Å². The fraction of sp³-hybridized carbons (Fsp3) is 0.200. The number of aromatic nitrogens is 1. The molecule has 1 atom stereocenters. The van der Waals surface area contributed by atoms with Crippen LogP contribution < -0.4 is 10.5 Å². The lowest BCUT2D eigenvalue weighted by molar-refractivity contribution is 0.1000. The first-order valence-corrected chi connectivity index (χ1v) is 12.1. The number of aliphatic hydroxyl groups excluding tert-OH is 1. The second-order valence-corrected chi connectivity index (χ2v) is 8.72. The van der Waals surface area contributed by atoms with Crippen LogP contribution in [0.3, 0.4) is 0 Å². The highest BCUT2D eigenvalue weighted by molar-refractivity contribution is 5.92. The molecule has 4 rings (SSSR count). The zero-order chi connectivity index (χ0) is 25.2. The van der Waals surface area contributed by atoms with Gasteiger partial charge in [0.15, 0.2) is 0 Å². The maximum Gasteiger partial charge on any atom is 0.250 e. The molecule has 0 aliphatic carbocycles. The Balaban J connectivity index is 1.34. The van der Waals surface area contributed by atoms with Crippen molar-refractivity contribution < 1.29 is 14.6 Å². The molecule has 36 heavy (non-hydrogen) atoms. The minimum Gasteiger partial charge on any atom is -0.439 e. The number of ether oxygens (including phenoxy) is 1. The van der Waals surface area contributed by atoms with Gasteiger partial charge in [-0.1, -0.05) is 72.8 Å². The quantitative estimate of drug-likeness (QED) is 0.292. The Kier molecular flexibility index (Phi) is 8.81. The monoisotopic (exact) mass is 481 g/mol. The Labute approximate surface area is 212 Å². The van der Waals surface area contributed by atoms with Crippen molar-refractivity contribution in [3.8, 4) is 11.6 Å². The van der Waals surface area contributed by atoms with Crippen LogP contribution in [0, 0.1) is 0 Å². The average Bonchev–Trinajstić information content (AvgIpc) is 2.92. The molecule has 0 spiro atoms. The molecule has 0 aliphatic rings. The summed E-state index contributed by atoms with van der Waals surface area (Å²) in [5.41, 5.74) is 8.99. The molecular weight excluding hydrogens is 450 g/mol. The molecule has 184 valence electrons. The van der Waals surface area contributed by atoms with Gasteiger partial charge >= 0.3 is 0 Å². The van der Waals surface area contributed by atoms with E-state index >= 15 is 0 Å². The lowest BCUT2D eigenvalue weighted by Gasteiger charge is -2.24. The maximum atomic E-state index is 11.2. The minimum absolute atomic E-state index is 0.342.